The SMILES string of the molecule is O=C(O)CC[C@H](NP(=O)(O)OCCC[C@H](NC(=O)CC[C@H](NC(=O)CCCCCNC(=O)CCCCCNC(=O)c1ccc([18F])nc1)C(=O)O)C(=O)O)C(=O)O. The van der Waals surface area contributed by atoms with Gasteiger partial charge < -0.3 is 46.6 Å². The number of hydrogen-bond acceptors (Lipinski definition) is 11. The van der Waals surface area contributed by atoms with Crippen LogP contribution in [0.4, 0.5) is 4.39 Å². The molecule has 1 aromatic heterocycles. The Kier molecular flexibility index (Phi) is 23.3. The molecule has 1 heterocycles. The molecule has 21 nitrogen and oxygen atoms in total. The third-order valence-corrected chi connectivity index (χ3v) is 9.02. The van der Waals surface area contributed by atoms with Crippen LogP contribution in [0.1, 0.15) is 100 Å². The molecule has 0 bridgehead atoms. The number of halogens is 1. The van der Waals surface area contributed by atoms with Crippen LogP contribution in [0.2, 0.25) is 0 Å². The first-order valence-electron chi connectivity index (χ1n) is 17.8. The molecule has 0 saturated carbocycles. The summed E-state index contributed by atoms with van der Waals surface area (Å²) in [6.07, 6.45) is 2.45. The van der Waals surface area contributed by atoms with Crippen molar-refractivity contribution in [1.29, 1.82) is 0 Å². The number of carbonyl (C=O) groups is 8. The number of aliphatic carboxylic acids is 4. The highest BCUT2D eigenvalue weighted by Gasteiger charge is 2.30. The summed E-state index contributed by atoms with van der Waals surface area (Å²) in [6.45, 7) is 0.226. The number of carbonyl (C=O) groups excluding carboxylic acids is 4. The molecule has 0 radical (unpaired) electrons. The molecule has 10 N–H and O–H groups in total. The molecule has 4 amide bonds. The van der Waals surface area contributed by atoms with E-state index in [0.717, 1.165) is 12.3 Å². The Labute approximate surface area is 321 Å². The second kappa shape index (κ2) is 26.7. The monoisotopic (exact) mass is 819 g/mol. The first kappa shape index (κ1) is 49.0. The Balaban J connectivity index is 2.26. The summed E-state index contributed by atoms with van der Waals surface area (Å²) in [4.78, 5) is 107. The van der Waals surface area contributed by atoms with Crippen LogP contribution in [0.15, 0.2) is 18.3 Å². The van der Waals surface area contributed by atoms with Crippen LogP contribution in [0.5, 0.6) is 0 Å². The summed E-state index contributed by atoms with van der Waals surface area (Å²) in [6, 6.07) is -2.22. The normalized spacial score (nSPS) is 13.6. The average molecular weight is 820 g/mol. The highest BCUT2D eigenvalue weighted by molar-refractivity contribution is 7.50. The summed E-state index contributed by atoms with van der Waals surface area (Å²) in [5.41, 5.74) is 0.246. The fourth-order valence-corrected chi connectivity index (χ4v) is 5.93. The number of unbranched alkanes of at least 4 members (excludes halogenated alkanes) is 4. The molecule has 0 aliphatic rings. The minimum atomic E-state index is -4.73. The van der Waals surface area contributed by atoms with Gasteiger partial charge in [0.2, 0.25) is 23.7 Å². The van der Waals surface area contributed by atoms with Gasteiger partial charge in [-0.05, 0) is 63.5 Å². The lowest BCUT2D eigenvalue weighted by Crippen LogP contribution is -2.44. The lowest BCUT2D eigenvalue weighted by molar-refractivity contribution is -0.143. The molecule has 0 aliphatic heterocycles. The van der Waals surface area contributed by atoms with Crippen molar-refractivity contribution in [2.45, 2.75) is 108 Å². The first-order valence-corrected chi connectivity index (χ1v) is 19.4. The van der Waals surface area contributed by atoms with Crippen LogP contribution in [0, 0.1) is 5.95 Å². The predicted molar refractivity (Wildman–Crippen MR) is 191 cm³/mol. The molecule has 0 aliphatic carbocycles. The number of rotatable bonds is 31. The van der Waals surface area contributed by atoms with E-state index in [9.17, 15) is 62.4 Å². The van der Waals surface area contributed by atoms with Crippen molar-refractivity contribution in [1.82, 2.24) is 31.3 Å². The molecule has 1 aromatic rings. The number of amides is 4. The molecule has 0 aromatic carbocycles. The molecule has 0 saturated heterocycles. The number of nitrogens with one attached hydrogen (secondary N) is 5. The van der Waals surface area contributed by atoms with Crippen LogP contribution < -0.4 is 26.4 Å². The Morgan fingerprint density at radius 1 is 0.661 bits per heavy atom. The third-order valence-electron chi connectivity index (χ3n) is 7.85. The Morgan fingerprint density at radius 2 is 1.20 bits per heavy atom. The highest BCUT2D eigenvalue weighted by atomic mass is 31.2. The van der Waals surface area contributed by atoms with Crippen LogP contribution in [-0.4, -0.2) is 116 Å². The van der Waals surface area contributed by atoms with Gasteiger partial charge in [-0.1, -0.05) is 12.8 Å². The van der Waals surface area contributed by atoms with Crippen molar-refractivity contribution >= 4 is 55.3 Å². The standard InChI is InChI=1S/C33H50FN6O15P/c34-25-14-11-21(20-37-25)30(46)36-18-6-1-3-9-26(41)35-17-5-2-4-10-27(42)39-23(32(49)50)12-15-28(43)38-22(31(47)48)8-7-19-55-56(53,54)40-24(33(51)52)13-16-29(44)45/h11,14,20,22-24H,1-10,12-13,15-19H2,(H,35,41)(H,36,46)(H,38,43)(H,39,42)(H,44,45)(H,47,48)(H,49,50)(H,51,52)(H2,40,53,54)/t22-,23-,24-/m0/s1/i34-1. The van der Waals surface area contributed by atoms with Crippen molar-refractivity contribution in [3.8, 4) is 0 Å². The third kappa shape index (κ3) is 23.0. The van der Waals surface area contributed by atoms with Crippen molar-refractivity contribution < 1.29 is 77.2 Å². The van der Waals surface area contributed by atoms with Gasteiger partial charge in [-0.2, -0.15) is 4.39 Å². The van der Waals surface area contributed by atoms with Gasteiger partial charge in [0, 0.05) is 45.0 Å². The van der Waals surface area contributed by atoms with Crippen LogP contribution in [0.25, 0.3) is 0 Å². The number of pyridine rings is 1. The van der Waals surface area contributed by atoms with E-state index >= 15 is 0 Å². The van der Waals surface area contributed by atoms with Crippen LogP contribution >= 0.6 is 7.75 Å². The molecule has 0 spiro atoms. The summed E-state index contributed by atoms with van der Waals surface area (Å²) in [5.74, 6) is -8.42. The van der Waals surface area contributed by atoms with Crippen LogP contribution in [-0.2, 0) is 42.7 Å². The smallest absolute Gasteiger partial charge is 0.403 e. The van der Waals surface area contributed by atoms with E-state index in [2.05, 4.69) is 26.3 Å². The van der Waals surface area contributed by atoms with Gasteiger partial charge in [0.25, 0.3) is 5.91 Å². The van der Waals surface area contributed by atoms with E-state index in [4.69, 9.17) is 14.7 Å². The van der Waals surface area contributed by atoms with Crippen molar-refractivity contribution in [2.24, 2.45) is 0 Å². The maximum atomic E-state index is 12.8. The molecule has 1 unspecified atom stereocenters. The summed E-state index contributed by atoms with van der Waals surface area (Å²) >= 11 is 0. The van der Waals surface area contributed by atoms with Gasteiger partial charge >= 0.3 is 31.6 Å². The topological polar surface area (TPSA) is 337 Å². The molecule has 4 atom stereocenters. The zero-order valence-corrected chi connectivity index (χ0v) is 31.5. The second-order valence-corrected chi connectivity index (χ2v) is 14.1. The predicted octanol–water partition coefficient (Wildman–Crippen LogP) is 0.911. The number of carboxylic acid groups (broad SMARTS) is 4. The lowest BCUT2D eigenvalue weighted by atomic mass is 10.1. The molecule has 314 valence electrons. The maximum absolute atomic E-state index is 12.8. The fraction of sp³-hybridized carbons (Fsp3) is 0.606. The van der Waals surface area contributed by atoms with Gasteiger partial charge in [0.15, 0.2) is 0 Å². The summed E-state index contributed by atoms with van der Waals surface area (Å²) in [5, 5.41) is 48.5. The maximum Gasteiger partial charge on any atom is 0.403 e. The van der Waals surface area contributed by atoms with Crippen molar-refractivity contribution in [2.75, 3.05) is 19.7 Å². The van der Waals surface area contributed by atoms with Gasteiger partial charge in [-0.3, -0.25) is 33.3 Å². The van der Waals surface area contributed by atoms with E-state index < -0.39 is 93.4 Å². The molecular weight excluding hydrogens is 769 g/mol. The summed E-state index contributed by atoms with van der Waals surface area (Å²) in [7, 11) is -4.73. The average Bonchev–Trinajstić information content (AvgIpc) is 3.12. The summed E-state index contributed by atoms with van der Waals surface area (Å²) < 4.78 is 29.7. The van der Waals surface area contributed by atoms with Gasteiger partial charge in [-0.25, -0.2) is 24.2 Å². The Hall–Kier alpha value is -5.05. The van der Waals surface area contributed by atoms with Gasteiger partial charge in [0.1, 0.15) is 18.1 Å². The molecule has 0 fully saturated rings. The van der Waals surface area contributed by atoms with E-state index in [1.54, 1.807) is 0 Å². The van der Waals surface area contributed by atoms with E-state index in [0.29, 0.717) is 58.0 Å². The van der Waals surface area contributed by atoms with E-state index in [-0.39, 0.29) is 43.1 Å². The minimum Gasteiger partial charge on any atom is -0.481 e. The fourth-order valence-electron chi connectivity index (χ4n) is 4.85. The molecular formula is C33H50FN6O15P. The lowest BCUT2D eigenvalue weighted by Gasteiger charge is -2.19. The zero-order chi connectivity index (χ0) is 42.1. The zero-order valence-electron chi connectivity index (χ0n) is 30.6. The van der Waals surface area contributed by atoms with Crippen LogP contribution in [0.3, 0.4) is 0 Å². The quantitative estimate of drug-likeness (QED) is 0.0283. The number of carboxylic acids is 4. The van der Waals surface area contributed by atoms with Crippen molar-refractivity contribution in [3.05, 3.63) is 29.8 Å². The van der Waals surface area contributed by atoms with E-state index in [1.807, 2.05) is 5.09 Å². The molecule has 56 heavy (non-hydrogen) atoms. The highest BCUT2D eigenvalue weighted by Crippen LogP contribution is 2.38. The van der Waals surface area contributed by atoms with Gasteiger partial charge in [0.05, 0.1) is 12.2 Å². The van der Waals surface area contributed by atoms with Crippen molar-refractivity contribution in [3.63, 3.8) is 0 Å². The first-order chi connectivity index (χ1) is 26.4. The minimum absolute atomic E-state index is 0.0170. The number of aromatic nitrogens is 1. The number of hydrogen-bond donors (Lipinski definition) is 10. The number of nitrogens with zero attached hydrogens (tertiary/aromatic N) is 1. The largest absolute Gasteiger partial charge is 0.481 e. The molecule has 23 heteroatoms. The van der Waals surface area contributed by atoms with E-state index in [1.165, 1.54) is 6.07 Å². The van der Waals surface area contributed by atoms with Gasteiger partial charge in [-0.15, -0.1) is 0 Å². The molecule has 1 rings (SSSR count). The Morgan fingerprint density at radius 3 is 1.75 bits per heavy atom. The second-order valence-electron chi connectivity index (χ2n) is 12.5. The Bertz CT molecular complexity index is 1530.